The topological polar surface area (TPSA) is 82.6 Å². The lowest BCUT2D eigenvalue weighted by molar-refractivity contribution is -0.0118. The molecular formula is C39H58N8O3S. The van der Waals surface area contributed by atoms with Crippen LogP contribution in [-0.2, 0) is 20.8 Å². The van der Waals surface area contributed by atoms with E-state index in [0.717, 1.165) is 120 Å². The number of hydrogen-bond acceptors (Lipinski definition) is 12. The van der Waals surface area contributed by atoms with Gasteiger partial charge in [0.05, 0.1) is 38.7 Å². The fourth-order valence-corrected chi connectivity index (χ4v) is 7.39. The normalized spacial score (nSPS) is 23.8. The van der Waals surface area contributed by atoms with Crippen LogP contribution in [0.3, 0.4) is 0 Å². The highest BCUT2D eigenvalue weighted by atomic mass is 32.2. The van der Waals surface area contributed by atoms with E-state index in [2.05, 4.69) is 81.1 Å². The summed E-state index contributed by atoms with van der Waals surface area (Å²) in [5.41, 5.74) is 4.10. The first-order chi connectivity index (χ1) is 25.1. The van der Waals surface area contributed by atoms with Gasteiger partial charge in [0.2, 0.25) is 5.95 Å². The molecule has 11 nitrogen and oxygen atoms in total. The van der Waals surface area contributed by atoms with Crippen LogP contribution in [0.4, 0.5) is 17.5 Å². The van der Waals surface area contributed by atoms with Gasteiger partial charge in [0.15, 0.2) is 0 Å². The van der Waals surface area contributed by atoms with E-state index in [1.807, 2.05) is 18.5 Å². The molecule has 278 valence electrons. The van der Waals surface area contributed by atoms with Crippen molar-refractivity contribution in [2.24, 2.45) is 5.92 Å². The van der Waals surface area contributed by atoms with Gasteiger partial charge in [-0.1, -0.05) is 19.1 Å². The maximum absolute atomic E-state index is 6.42. The zero-order valence-electron chi connectivity index (χ0n) is 31.0. The highest BCUT2D eigenvalue weighted by Crippen LogP contribution is 2.28. The third-order valence-corrected chi connectivity index (χ3v) is 10.9. The molecule has 4 atom stereocenters. The van der Waals surface area contributed by atoms with Crippen molar-refractivity contribution in [1.82, 2.24) is 29.7 Å². The molecule has 6 aliphatic heterocycles. The molecule has 4 unspecified atom stereocenters. The number of piperazine rings is 1. The van der Waals surface area contributed by atoms with Gasteiger partial charge in [0.1, 0.15) is 12.5 Å². The molecule has 0 aliphatic carbocycles. The van der Waals surface area contributed by atoms with E-state index in [1.54, 1.807) is 11.8 Å². The highest BCUT2D eigenvalue weighted by Gasteiger charge is 2.28. The van der Waals surface area contributed by atoms with Gasteiger partial charge >= 0.3 is 0 Å². The summed E-state index contributed by atoms with van der Waals surface area (Å²) in [6, 6.07) is 15.3. The third-order valence-electron chi connectivity index (χ3n) is 10.4. The summed E-state index contributed by atoms with van der Waals surface area (Å²) in [6.07, 6.45) is 9.45. The third kappa shape index (κ3) is 11.3. The van der Waals surface area contributed by atoms with Crippen LogP contribution in [0.25, 0.3) is 11.3 Å². The predicted molar refractivity (Wildman–Crippen MR) is 208 cm³/mol. The maximum atomic E-state index is 6.42. The van der Waals surface area contributed by atoms with E-state index < -0.39 is 0 Å². The van der Waals surface area contributed by atoms with Crippen LogP contribution in [0, 0.1) is 5.92 Å². The van der Waals surface area contributed by atoms with Gasteiger partial charge in [0.25, 0.3) is 0 Å². The summed E-state index contributed by atoms with van der Waals surface area (Å²) in [6.45, 7) is 15.7. The molecule has 9 rings (SSSR count). The van der Waals surface area contributed by atoms with Gasteiger partial charge in [-0.2, -0.15) is 11.8 Å². The van der Waals surface area contributed by atoms with E-state index in [0.29, 0.717) is 31.2 Å². The zero-order valence-corrected chi connectivity index (χ0v) is 31.8. The molecular weight excluding hydrogens is 661 g/mol. The first-order valence-corrected chi connectivity index (χ1v) is 20.2. The predicted octanol–water partition coefficient (Wildman–Crippen LogP) is 5.11. The summed E-state index contributed by atoms with van der Waals surface area (Å²) in [5.74, 6) is 3.21. The number of rotatable bonds is 10. The molecule has 0 N–H and O–H groups in total. The Balaban J connectivity index is 1.24. The number of hydrogen-bond donors (Lipinski definition) is 0. The van der Waals surface area contributed by atoms with E-state index in [4.69, 9.17) is 29.2 Å². The average Bonchev–Trinajstić information content (AvgIpc) is 3.17. The Morgan fingerprint density at radius 2 is 1.84 bits per heavy atom. The minimum Gasteiger partial charge on any atom is -0.379 e. The molecule has 1 aromatic carbocycles. The molecule has 0 saturated carbocycles. The van der Waals surface area contributed by atoms with Crippen molar-refractivity contribution in [3.8, 4) is 11.3 Å². The lowest BCUT2D eigenvalue weighted by atomic mass is 10.0. The Kier molecular flexibility index (Phi) is 14.7. The second kappa shape index (κ2) is 19.8. The number of aromatic nitrogens is 3. The molecule has 0 radical (unpaired) electrons. The van der Waals surface area contributed by atoms with E-state index in [9.17, 15) is 0 Å². The quantitative estimate of drug-likeness (QED) is 0.262. The maximum Gasteiger partial charge on any atom is 0.232 e. The Morgan fingerprint density at radius 1 is 0.941 bits per heavy atom. The minimum atomic E-state index is 0.334. The van der Waals surface area contributed by atoms with Gasteiger partial charge in [-0.25, -0.2) is 15.0 Å². The van der Waals surface area contributed by atoms with Crippen molar-refractivity contribution < 1.29 is 14.2 Å². The smallest absolute Gasteiger partial charge is 0.232 e. The van der Waals surface area contributed by atoms with Gasteiger partial charge in [-0.3, -0.25) is 14.7 Å². The lowest BCUT2D eigenvalue weighted by Crippen LogP contribution is -2.54. The van der Waals surface area contributed by atoms with Crippen molar-refractivity contribution in [2.45, 2.75) is 38.8 Å². The molecule has 2 saturated heterocycles. The van der Waals surface area contributed by atoms with Gasteiger partial charge in [0, 0.05) is 94.8 Å². The van der Waals surface area contributed by atoms with Crippen LogP contribution < -0.4 is 9.80 Å². The summed E-state index contributed by atoms with van der Waals surface area (Å²) in [4.78, 5) is 26.7. The zero-order chi connectivity index (χ0) is 35.3. The van der Waals surface area contributed by atoms with Crippen molar-refractivity contribution in [3.63, 3.8) is 0 Å². The number of ether oxygens (including phenoxy) is 3. The number of anilines is 3. The number of nitrogens with zero attached hydrogens (tertiary/aromatic N) is 8. The Bertz CT molecular complexity index is 1460. The van der Waals surface area contributed by atoms with Crippen LogP contribution in [0.5, 0.6) is 0 Å². The summed E-state index contributed by atoms with van der Waals surface area (Å²) in [7, 11) is 2.14. The van der Waals surface area contributed by atoms with E-state index >= 15 is 0 Å². The standard InChI is InChI=1S/C39H58N8O3S/c1-32-6-5-14-43(2)38-10-9-34(27-41-38)37-11-13-40-39(42-37)47(31-50-24-25-51-3)35-8-4-7-33(26-35)28-46-17-16-45(15-12-32)29-36(46)30-49-23-20-44-18-21-48-22-19-44/h4,7-11,13,26-27,32,36H,5-6,12,14-25,28-31H2,1-3H3. The largest absolute Gasteiger partial charge is 0.379 e. The molecule has 6 aliphatic rings. The summed E-state index contributed by atoms with van der Waals surface area (Å²) < 4.78 is 18.1. The fourth-order valence-electron chi connectivity index (χ4n) is 7.11. The highest BCUT2D eigenvalue weighted by molar-refractivity contribution is 7.98. The number of thioether (sulfide) groups is 1. The van der Waals surface area contributed by atoms with Gasteiger partial charge in [-0.05, 0) is 73.9 Å². The Hall–Kier alpha value is -2.84. The molecule has 3 aromatic rings. The molecule has 2 fully saturated rings. The molecule has 8 heterocycles. The second-order valence-corrected chi connectivity index (χ2v) is 15.2. The number of morpholine rings is 1. The van der Waals surface area contributed by atoms with E-state index in [-0.39, 0.29) is 0 Å². The van der Waals surface area contributed by atoms with Crippen molar-refractivity contribution >= 4 is 29.2 Å². The number of pyridine rings is 1. The van der Waals surface area contributed by atoms with Crippen molar-refractivity contribution in [3.05, 3.63) is 60.4 Å². The molecule has 0 amide bonds. The van der Waals surface area contributed by atoms with E-state index in [1.165, 1.54) is 18.4 Å². The van der Waals surface area contributed by atoms with Gasteiger partial charge in [-0.15, -0.1) is 0 Å². The van der Waals surface area contributed by atoms with Gasteiger partial charge < -0.3 is 24.0 Å². The Labute approximate surface area is 309 Å². The first-order valence-electron chi connectivity index (χ1n) is 18.8. The first kappa shape index (κ1) is 37.9. The van der Waals surface area contributed by atoms with Crippen LogP contribution in [-0.4, -0.2) is 147 Å². The molecule has 8 bridgehead atoms. The SMILES string of the molecule is CSCCOCN1c2cccc(c2)CN2CCN(CCC(C)CCCN(C)c3ccc(cn3)-c3ccnc1n3)CC2COCCN1CCOCC1. The van der Waals surface area contributed by atoms with Crippen molar-refractivity contribution in [1.29, 1.82) is 0 Å². The summed E-state index contributed by atoms with van der Waals surface area (Å²) in [5, 5.41) is 0. The molecule has 51 heavy (non-hydrogen) atoms. The molecule has 2 aromatic heterocycles. The van der Waals surface area contributed by atoms with Crippen LogP contribution in [0.15, 0.2) is 54.9 Å². The second-order valence-electron chi connectivity index (χ2n) is 14.2. The Morgan fingerprint density at radius 3 is 2.69 bits per heavy atom. The fraction of sp³-hybridized carbons (Fsp3) is 0.615. The number of benzene rings is 1. The van der Waals surface area contributed by atoms with Crippen LogP contribution in [0.2, 0.25) is 0 Å². The molecule has 0 spiro atoms. The average molecular weight is 719 g/mol. The monoisotopic (exact) mass is 718 g/mol. The molecule has 12 heteroatoms. The van der Waals surface area contributed by atoms with Crippen molar-refractivity contribution in [2.75, 3.05) is 121 Å². The van der Waals surface area contributed by atoms with Crippen LogP contribution >= 0.6 is 11.8 Å². The summed E-state index contributed by atoms with van der Waals surface area (Å²) >= 11 is 1.78. The van der Waals surface area contributed by atoms with Crippen LogP contribution in [0.1, 0.15) is 31.7 Å². The minimum absolute atomic E-state index is 0.334. The lowest BCUT2D eigenvalue weighted by Gasteiger charge is -2.42.